The van der Waals surface area contributed by atoms with Crippen molar-refractivity contribution in [3.05, 3.63) is 53.2 Å². The van der Waals surface area contributed by atoms with Gasteiger partial charge >= 0.3 is 0 Å². The molecule has 0 amide bonds. The molecule has 20 heavy (non-hydrogen) atoms. The third-order valence-electron chi connectivity index (χ3n) is 3.46. The number of anilines is 2. The van der Waals surface area contributed by atoms with Crippen LogP contribution in [0.15, 0.2) is 36.4 Å². The Morgan fingerprint density at radius 3 is 2.35 bits per heavy atom. The molecule has 1 aromatic heterocycles. The van der Waals surface area contributed by atoms with Gasteiger partial charge in [-0.3, -0.25) is 0 Å². The second kappa shape index (κ2) is 6.53. The fourth-order valence-electron chi connectivity index (χ4n) is 2.27. The normalized spacial score (nSPS) is 10.6. The van der Waals surface area contributed by atoms with E-state index in [9.17, 15) is 0 Å². The SMILES string of the molecule is CCc1cc(CN)cc(N(CC)c2ccc(C)cc2)n1. The minimum atomic E-state index is 0.550. The van der Waals surface area contributed by atoms with Crippen LogP contribution in [0.4, 0.5) is 11.5 Å². The van der Waals surface area contributed by atoms with Crippen molar-refractivity contribution < 1.29 is 0 Å². The number of rotatable bonds is 5. The molecule has 0 fully saturated rings. The number of pyridine rings is 1. The van der Waals surface area contributed by atoms with Crippen molar-refractivity contribution >= 4 is 11.5 Å². The fraction of sp³-hybridized carbons (Fsp3) is 0.353. The van der Waals surface area contributed by atoms with E-state index < -0.39 is 0 Å². The topological polar surface area (TPSA) is 42.1 Å². The second-order valence-electron chi connectivity index (χ2n) is 4.96. The molecule has 0 spiro atoms. The summed E-state index contributed by atoms with van der Waals surface area (Å²) in [6.45, 7) is 7.79. The standard InChI is InChI=1S/C17H23N3/c1-4-15-10-14(12-18)11-17(19-15)20(5-2)16-8-6-13(3)7-9-16/h6-11H,4-5,12,18H2,1-3H3. The van der Waals surface area contributed by atoms with Gasteiger partial charge in [-0.2, -0.15) is 0 Å². The highest BCUT2D eigenvalue weighted by molar-refractivity contribution is 5.61. The van der Waals surface area contributed by atoms with E-state index in [1.807, 2.05) is 0 Å². The molecule has 1 heterocycles. The Bertz CT molecular complexity index is 539. The molecular formula is C17H23N3. The van der Waals surface area contributed by atoms with Crippen LogP contribution < -0.4 is 10.6 Å². The highest BCUT2D eigenvalue weighted by atomic mass is 15.2. The smallest absolute Gasteiger partial charge is 0.133 e. The maximum absolute atomic E-state index is 5.80. The van der Waals surface area contributed by atoms with E-state index in [-0.39, 0.29) is 0 Å². The van der Waals surface area contributed by atoms with E-state index in [2.05, 4.69) is 62.1 Å². The Kier molecular flexibility index (Phi) is 4.74. The lowest BCUT2D eigenvalue weighted by atomic mass is 10.1. The monoisotopic (exact) mass is 269 g/mol. The van der Waals surface area contributed by atoms with Gasteiger partial charge in [-0.05, 0) is 50.1 Å². The van der Waals surface area contributed by atoms with Crippen molar-refractivity contribution in [2.75, 3.05) is 11.4 Å². The highest BCUT2D eigenvalue weighted by Gasteiger charge is 2.10. The summed E-state index contributed by atoms with van der Waals surface area (Å²) in [5.41, 5.74) is 10.5. The minimum absolute atomic E-state index is 0.550. The predicted octanol–water partition coefficient (Wildman–Crippen LogP) is 3.57. The molecule has 0 radical (unpaired) electrons. The van der Waals surface area contributed by atoms with Crippen LogP contribution >= 0.6 is 0 Å². The lowest BCUT2D eigenvalue weighted by Gasteiger charge is -2.23. The number of nitrogens with zero attached hydrogens (tertiary/aromatic N) is 2. The van der Waals surface area contributed by atoms with Gasteiger partial charge in [-0.15, -0.1) is 0 Å². The van der Waals surface area contributed by atoms with E-state index in [1.165, 1.54) is 11.3 Å². The fourth-order valence-corrected chi connectivity index (χ4v) is 2.27. The van der Waals surface area contributed by atoms with Gasteiger partial charge in [0.15, 0.2) is 0 Å². The Morgan fingerprint density at radius 2 is 1.80 bits per heavy atom. The average Bonchev–Trinajstić information content (AvgIpc) is 2.49. The third-order valence-corrected chi connectivity index (χ3v) is 3.46. The molecule has 0 unspecified atom stereocenters. The van der Waals surface area contributed by atoms with Crippen molar-refractivity contribution in [2.45, 2.75) is 33.7 Å². The van der Waals surface area contributed by atoms with Gasteiger partial charge in [0, 0.05) is 24.5 Å². The number of aryl methyl sites for hydroxylation is 2. The van der Waals surface area contributed by atoms with Gasteiger partial charge in [0.1, 0.15) is 5.82 Å². The van der Waals surface area contributed by atoms with Crippen molar-refractivity contribution in [3.8, 4) is 0 Å². The lowest BCUT2D eigenvalue weighted by molar-refractivity contribution is 0.935. The van der Waals surface area contributed by atoms with Gasteiger partial charge in [-0.1, -0.05) is 24.6 Å². The molecule has 0 saturated carbocycles. The lowest BCUT2D eigenvalue weighted by Crippen LogP contribution is -2.18. The predicted molar refractivity (Wildman–Crippen MR) is 85.4 cm³/mol. The third kappa shape index (κ3) is 3.17. The Morgan fingerprint density at radius 1 is 1.10 bits per heavy atom. The van der Waals surface area contributed by atoms with E-state index in [0.29, 0.717) is 6.54 Å². The zero-order chi connectivity index (χ0) is 14.5. The number of nitrogens with two attached hydrogens (primary N) is 1. The van der Waals surface area contributed by atoms with E-state index in [4.69, 9.17) is 10.7 Å². The molecule has 3 heteroatoms. The van der Waals surface area contributed by atoms with Crippen LogP contribution in [-0.2, 0) is 13.0 Å². The Balaban J connectivity index is 2.42. The van der Waals surface area contributed by atoms with Crippen LogP contribution in [0, 0.1) is 6.92 Å². The molecule has 0 saturated heterocycles. The molecule has 0 aliphatic rings. The summed E-state index contributed by atoms with van der Waals surface area (Å²) >= 11 is 0. The van der Waals surface area contributed by atoms with Crippen molar-refractivity contribution in [1.82, 2.24) is 4.98 Å². The summed E-state index contributed by atoms with van der Waals surface area (Å²) in [7, 11) is 0. The zero-order valence-corrected chi connectivity index (χ0v) is 12.6. The summed E-state index contributed by atoms with van der Waals surface area (Å²) < 4.78 is 0. The summed E-state index contributed by atoms with van der Waals surface area (Å²) in [5.74, 6) is 0.983. The van der Waals surface area contributed by atoms with E-state index >= 15 is 0 Å². The first-order valence-electron chi connectivity index (χ1n) is 7.22. The molecule has 106 valence electrons. The Hall–Kier alpha value is -1.87. The molecular weight excluding hydrogens is 246 g/mol. The largest absolute Gasteiger partial charge is 0.327 e. The quantitative estimate of drug-likeness (QED) is 0.902. The summed E-state index contributed by atoms with van der Waals surface area (Å²) in [4.78, 5) is 6.96. The molecule has 2 aromatic rings. The van der Waals surface area contributed by atoms with Crippen LogP contribution in [0.5, 0.6) is 0 Å². The van der Waals surface area contributed by atoms with Crippen molar-refractivity contribution in [1.29, 1.82) is 0 Å². The molecule has 0 aliphatic carbocycles. The van der Waals surface area contributed by atoms with E-state index in [0.717, 1.165) is 30.0 Å². The summed E-state index contributed by atoms with van der Waals surface area (Å²) in [6, 6.07) is 12.7. The van der Waals surface area contributed by atoms with Gasteiger partial charge in [-0.25, -0.2) is 4.98 Å². The number of hydrogen-bond donors (Lipinski definition) is 1. The molecule has 0 atom stereocenters. The van der Waals surface area contributed by atoms with Crippen LogP contribution in [-0.4, -0.2) is 11.5 Å². The average molecular weight is 269 g/mol. The first-order chi connectivity index (χ1) is 9.67. The van der Waals surface area contributed by atoms with Crippen molar-refractivity contribution in [3.63, 3.8) is 0 Å². The first-order valence-corrected chi connectivity index (χ1v) is 7.22. The maximum atomic E-state index is 5.80. The minimum Gasteiger partial charge on any atom is -0.327 e. The number of aromatic nitrogens is 1. The molecule has 2 N–H and O–H groups in total. The second-order valence-corrected chi connectivity index (χ2v) is 4.96. The Labute approximate surface area is 121 Å². The van der Waals surface area contributed by atoms with Crippen LogP contribution in [0.1, 0.15) is 30.7 Å². The highest BCUT2D eigenvalue weighted by Crippen LogP contribution is 2.25. The maximum Gasteiger partial charge on any atom is 0.133 e. The molecule has 0 aliphatic heterocycles. The van der Waals surface area contributed by atoms with E-state index in [1.54, 1.807) is 0 Å². The van der Waals surface area contributed by atoms with Gasteiger partial charge < -0.3 is 10.6 Å². The first kappa shape index (κ1) is 14.5. The summed E-state index contributed by atoms with van der Waals surface area (Å²) in [5, 5.41) is 0. The van der Waals surface area contributed by atoms with Crippen LogP contribution in [0.3, 0.4) is 0 Å². The summed E-state index contributed by atoms with van der Waals surface area (Å²) in [6.07, 6.45) is 0.923. The van der Waals surface area contributed by atoms with Gasteiger partial charge in [0.2, 0.25) is 0 Å². The van der Waals surface area contributed by atoms with Crippen LogP contribution in [0.25, 0.3) is 0 Å². The van der Waals surface area contributed by atoms with Gasteiger partial charge in [0.25, 0.3) is 0 Å². The van der Waals surface area contributed by atoms with Gasteiger partial charge in [0.05, 0.1) is 0 Å². The molecule has 1 aromatic carbocycles. The molecule has 0 bridgehead atoms. The zero-order valence-electron chi connectivity index (χ0n) is 12.6. The molecule has 3 nitrogen and oxygen atoms in total. The number of benzene rings is 1. The van der Waals surface area contributed by atoms with Crippen molar-refractivity contribution in [2.24, 2.45) is 5.73 Å². The number of hydrogen-bond acceptors (Lipinski definition) is 3. The van der Waals surface area contributed by atoms with Crippen LogP contribution in [0.2, 0.25) is 0 Å². The molecule has 2 rings (SSSR count).